The lowest BCUT2D eigenvalue weighted by Crippen LogP contribution is -2.45. The van der Waals surface area contributed by atoms with E-state index in [1.807, 2.05) is 52.3 Å². The molecule has 0 aromatic heterocycles. The molecule has 3 aliphatic rings. The number of carboxylic acid groups (broad SMARTS) is 1. The van der Waals surface area contributed by atoms with Crippen LogP contribution in [0.4, 0.5) is 0 Å². The normalized spacial score (nSPS) is 21.1. The molecule has 1 saturated heterocycles. The van der Waals surface area contributed by atoms with Crippen molar-refractivity contribution in [1.82, 2.24) is 14.7 Å². The van der Waals surface area contributed by atoms with Crippen molar-refractivity contribution >= 4 is 17.8 Å². The molecule has 2 aromatic rings. The van der Waals surface area contributed by atoms with Crippen molar-refractivity contribution in [2.75, 3.05) is 46.1 Å². The second-order valence-electron chi connectivity index (χ2n) is 11.5. The van der Waals surface area contributed by atoms with E-state index in [9.17, 15) is 19.5 Å². The maximum atomic E-state index is 13.7. The summed E-state index contributed by atoms with van der Waals surface area (Å²) in [6, 6.07) is 12.7. The number of likely N-dealkylation sites (tertiary alicyclic amines) is 1. The Balaban J connectivity index is 1.38. The molecule has 0 aliphatic carbocycles. The fourth-order valence-electron chi connectivity index (χ4n) is 6.55. The number of benzene rings is 2. The third-order valence-corrected chi connectivity index (χ3v) is 8.80. The van der Waals surface area contributed by atoms with Crippen molar-refractivity contribution < 1.29 is 29.0 Å². The zero-order valence-electron chi connectivity index (χ0n) is 24.4. The van der Waals surface area contributed by atoms with E-state index in [0.29, 0.717) is 62.8 Å². The summed E-state index contributed by atoms with van der Waals surface area (Å²) in [5, 5.41) is 10.5. The molecule has 0 saturated carbocycles. The molecule has 2 aromatic carbocycles. The molecule has 226 valence electrons. The maximum Gasteiger partial charge on any atom is 0.308 e. The van der Waals surface area contributed by atoms with E-state index in [4.69, 9.17) is 15.2 Å². The van der Waals surface area contributed by atoms with Gasteiger partial charge in [-0.3, -0.25) is 19.3 Å². The van der Waals surface area contributed by atoms with Gasteiger partial charge in [0.05, 0.1) is 12.5 Å². The molecule has 2 amide bonds. The summed E-state index contributed by atoms with van der Waals surface area (Å²) >= 11 is 0. The van der Waals surface area contributed by atoms with Crippen molar-refractivity contribution in [2.24, 2.45) is 11.7 Å². The summed E-state index contributed by atoms with van der Waals surface area (Å²) in [6.45, 7) is 5.62. The monoisotopic (exact) mass is 578 g/mol. The van der Waals surface area contributed by atoms with Gasteiger partial charge in [0.1, 0.15) is 0 Å². The van der Waals surface area contributed by atoms with Gasteiger partial charge in [-0.1, -0.05) is 37.6 Å². The van der Waals surface area contributed by atoms with E-state index < -0.39 is 17.9 Å². The van der Waals surface area contributed by atoms with E-state index >= 15 is 0 Å². The smallest absolute Gasteiger partial charge is 0.308 e. The van der Waals surface area contributed by atoms with Crippen LogP contribution < -0.4 is 15.2 Å². The van der Waals surface area contributed by atoms with Crippen LogP contribution in [0.1, 0.15) is 66.4 Å². The molecule has 10 nitrogen and oxygen atoms in total. The highest BCUT2D eigenvalue weighted by Crippen LogP contribution is 2.43. The third-order valence-electron chi connectivity index (χ3n) is 8.80. The van der Waals surface area contributed by atoms with E-state index in [0.717, 1.165) is 36.8 Å². The Labute approximate surface area is 247 Å². The highest BCUT2D eigenvalue weighted by molar-refractivity contribution is 5.98. The number of fused-ring (bicyclic) bond motifs is 2. The molecule has 10 heteroatoms. The van der Waals surface area contributed by atoms with Crippen LogP contribution in [0.2, 0.25) is 0 Å². The molecule has 42 heavy (non-hydrogen) atoms. The molecule has 1 fully saturated rings. The van der Waals surface area contributed by atoms with Crippen LogP contribution in [0.3, 0.4) is 0 Å². The van der Waals surface area contributed by atoms with Crippen molar-refractivity contribution in [3.05, 3.63) is 59.2 Å². The summed E-state index contributed by atoms with van der Waals surface area (Å²) in [5.74, 6) is -0.777. The predicted octanol–water partition coefficient (Wildman–Crippen LogP) is 3.30. The summed E-state index contributed by atoms with van der Waals surface area (Å²) in [5.41, 5.74) is 8.24. The largest absolute Gasteiger partial charge is 0.481 e. The van der Waals surface area contributed by atoms with Gasteiger partial charge >= 0.3 is 5.97 Å². The van der Waals surface area contributed by atoms with Crippen LogP contribution in [-0.4, -0.2) is 89.7 Å². The number of aliphatic carboxylic acids is 1. The number of unbranched alkanes of at least 4 members (excludes halogenated alkanes) is 2. The molecule has 0 unspecified atom stereocenters. The standard InChI is InChI=1S/C32H42N4O6/c1-2-3-14-34(15-7-6-13-33)29(37)20-36-19-25(22-10-11-27-28(17-22)42-21-41-27)30(32(39)40)26(36)12-16-35-18-23-8-4-5-9-24(23)31(35)38/h4-5,8-11,17,25-26,30H,2-3,6-7,12-16,18-21,33H2,1H3,(H,39,40)/t25-,26+,30-/m1/s1. The molecule has 3 atom stereocenters. The van der Waals surface area contributed by atoms with Gasteiger partial charge in [-0.15, -0.1) is 0 Å². The van der Waals surface area contributed by atoms with Crippen LogP contribution in [0, 0.1) is 5.92 Å². The average Bonchev–Trinajstić information content (AvgIpc) is 3.69. The minimum atomic E-state index is -0.903. The first-order valence-corrected chi connectivity index (χ1v) is 15.1. The van der Waals surface area contributed by atoms with Gasteiger partial charge in [0, 0.05) is 50.2 Å². The average molecular weight is 579 g/mol. The Hall–Kier alpha value is -3.63. The zero-order chi connectivity index (χ0) is 29.6. The predicted molar refractivity (Wildman–Crippen MR) is 157 cm³/mol. The number of hydrogen-bond acceptors (Lipinski definition) is 7. The zero-order valence-corrected chi connectivity index (χ0v) is 24.4. The van der Waals surface area contributed by atoms with Crippen LogP contribution in [0.25, 0.3) is 0 Å². The first kappa shape index (κ1) is 29.8. The molecule has 0 spiro atoms. The molecule has 5 rings (SSSR count). The maximum absolute atomic E-state index is 13.7. The van der Waals surface area contributed by atoms with E-state index in [1.165, 1.54) is 0 Å². The number of carboxylic acids is 1. The van der Waals surface area contributed by atoms with Crippen LogP contribution in [0.15, 0.2) is 42.5 Å². The number of rotatable bonds is 14. The molecular weight excluding hydrogens is 536 g/mol. The van der Waals surface area contributed by atoms with Gasteiger partial charge in [0.15, 0.2) is 11.5 Å². The van der Waals surface area contributed by atoms with Gasteiger partial charge in [-0.25, -0.2) is 0 Å². The fourth-order valence-corrected chi connectivity index (χ4v) is 6.55. The van der Waals surface area contributed by atoms with Crippen LogP contribution in [0.5, 0.6) is 11.5 Å². The van der Waals surface area contributed by atoms with E-state index in [-0.39, 0.29) is 31.1 Å². The second kappa shape index (κ2) is 13.6. The van der Waals surface area contributed by atoms with Crippen LogP contribution in [-0.2, 0) is 16.1 Å². The molecule has 3 N–H and O–H groups in total. The number of hydrogen-bond donors (Lipinski definition) is 2. The van der Waals surface area contributed by atoms with Crippen molar-refractivity contribution in [1.29, 1.82) is 0 Å². The summed E-state index contributed by atoms with van der Waals surface area (Å²) in [4.78, 5) is 45.4. The van der Waals surface area contributed by atoms with Crippen LogP contribution >= 0.6 is 0 Å². The molecule has 3 aliphatic heterocycles. The quantitative estimate of drug-likeness (QED) is 0.327. The Morgan fingerprint density at radius 3 is 2.62 bits per heavy atom. The first-order valence-electron chi connectivity index (χ1n) is 15.1. The van der Waals surface area contributed by atoms with Gasteiger partial charge in [-0.05, 0) is 61.6 Å². The highest BCUT2D eigenvalue weighted by atomic mass is 16.7. The number of carbonyl (C=O) groups is 3. The Bertz CT molecular complexity index is 1290. The number of nitrogens with zero attached hydrogens (tertiary/aromatic N) is 3. The summed E-state index contributed by atoms with van der Waals surface area (Å²) in [6.07, 6.45) is 4.03. The molecular formula is C32H42N4O6. The van der Waals surface area contributed by atoms with Crippen molar-refractivity contribution in [2.45, 2.75) is 57.5 Å². The number of carbonyl (C=O) groups excluding carboxylic acids is 2. The van der Waals surface area contributed by atoms with Crippen molar-refractivity contribution in [3.8, 4) is 11.5 Å². The van der Waals surface area contributed by atoms with Crippen molar-refractivity contribution in [3.63, 3.8) is 0 Å². The number of amides is 2. The Morgan fingerprint density at radius 1 is 1.07 bits per heavy atom. The lowest BCUT2D eigenvalue weighted by molar-refractivity contribution is -0.144. The Kier molecular flexibility index (Phi) is 9.64. The third kappa shape index (κ3) is 6.39. The van der Waals surface area contributed by atoms with E-state index in [1.54, 1.807) is 4.90 Å². The summed E-state index contributed by atoms with van der Waals surface area (Å²) in [7, 11) is 0. The molecule has 0 bridgehead atoms. The lowest BCUT2D eigenvalue weighted by Gasteiger charge is -2.31. The Morgan fingerprint density at radius 2 is 1.86 bits per heavy atom. The number of ether oxygens (including phenoxy) is 2. The van der Waals surface area contributed by atoms with Gasteiger partial charge in [-0.2, -0.15) is 0 Å². The van der Waals surface area contributed by atoms with Gasteiger partial charge in [0.25, 0.3) is 5.91 Å². The topological polar surface area (TPSA) is 126 Å². The molecule has 3 heterocycles. The highest BCUT2D eigenvalue weighted by Gasteiger charge is 2.47. The lowest BCUT2D eigenvalue weighted by atomic mass is 9.84. The minimum absolute atomic E-state index is 0.00519. The molecule has 0 radical (unpaired) electrons. The number of nitrogens with two attached hydrogens (primary N) is 1. The SMILES string of the molecule is CCCCN(CCCCN)C(=O)CN1C[C@H](c2ccc3c(c2)OCO3)[C@@H](C(=O)O)[C@@H]1CCN1Cc2ccccc2C1=O. The fraction of sp³-hybridized carbons (Fsp3) is 0.531. The summed E-state index contributed by atoms with van der Waals surface area (Å²) < 4.78 is 11.1. The second-order valence-corrected chi connectivity index (χ2v) is 11.5. The first-order chi connectivity index (χ1) is 20.4. The van der Waals surface area contributed by atoms with Gasteiger partial charge in [0.2, 0.25) is 12.7 Å². The van der Waals surface area contributed by atoms with Gasteiger partial charge < -0.3 is 30.1 Å². The van der Waals surface area contributed by atoms with E-state index in [2.05, 4.69) is 6.92 Å². The minimum Gasteiger partial charge on any atom is -0.481 e.